The Bertz CT molecular complexity index is 360. The summed E-state index contributed by atoms with van der Waals surface area (Å²) in [6.45, 7) is 12.2. The Hall–Kier alpha value is -0.420. The number of nitrogens with one attached hydrogen (secondary N) is 1. The number of hydrogen-bond donors (Lipinski definition) is 1. The molecule has 0 spiro atoms. The molecular weight excluding hydrogens is 266 g/mol. The van der Waals surface area contributed by atoms with Gasteiger partial charge in [0, 0.05) is 42.0 Å². The lowest BCUT2D eigenvalue weighted by Gasteiger charge is -2.22. The molecule has 0 fully saturated rings. The maximum absolute atomic E-state index is 3.48. The van der Waals surface area contributed by atoms with Gasteiger partial charge in [0.2, 0.25) is 0 Å². The van der Waals surface area contributed by atoms with Gasteiger partial charge in [-0.25, -0.2) is 0 Å². The van der Waals surface area contributed by atoms with Crippen molar-refractivity contribution < 1.29 is 0 Å². The largest absolute Gasteiger partial charge is 0.310 e. The fourth-order valence-electron chi connectivity index (χ4n) is 2.05. The van der Waals surface area contributed by atoms with E-state index < -0.39 is 0 Å². The molecule has 0 atom stereocenters. The molecule has 1 N–H and O–H groups in total. The van der Waals surface area contributed by atoms with Gasteiger partial charge in [0.05, 0.1) is 0 Å². The Morgan fingerprint density at radius 1 is 1.10 bits per heavy atom. The van der Waals surface area contributed by atoms with E-state index in [0.29, 0.717) is 6.04 Å². The summed E-state index contributed by atoms with van der Waals surface area (Å²) in [5.74, 6) is 0. The number of rotatable bonds is 10. The fraction of sp³-hybridized carbons (Fsp3) is 0.750. The third-order valence-corrected chi connectivity index (χ3v) is 4.25. The summed E-state index contributed by atoms with van der Waals surface area (Å²) in [6.07, 6.45) is 1.22. The van der Waals surface area contributed by atoms with Gasteiger partial charge in [-0.1, -0.05) is 20.8 Å². The van der Waals surface area contributed by atoms with Gasteiger partial charge in [-0.05, 0) is 39.2 Å². The van der Waals surface area contributed by atoms with Crippen LogP contribution in [0.3, 0.4) is 0 Å². The highest BCUT2D eigenvalue weighted by atomic mass is 32.1. The summed E-state index contributed by atoms with van der Waals surface area (Å²) in [5, 5.41) is 3.48. The monoisotopic (exact) mass is 297 g/mol. The highest BCUT2D eigenvalue weighted by Crippen LogP contribution is 2.18. The van der Waals surface area contributed by atoms with Crippen LogP contribution in [0.25, 0.3) is 0 Å². The van der Waals surface area contributed by atoms with Crippen LogP contribution in [-0.2, 0) is 13.1 Å². The van der Waals surface area contributed by atoms with Crippen LogP contribution < -0.4 is 5.32 Å². The van der Waals surface area contributed by atoms with Gasteiger partial charge < -0.3 is 10.2 Å². The van der Waals surface area contributed by atoms with Gasteiger partial charge in [-0.15, -0.1) is 11.3 Å². The Morgan fingerprint density at radius 3 is 2.40 bits per heavy atom. The number of likely N-dealkylation sites (N-methyl/N-ethyl adjacent to an activating group) is 1. The minimum atomic E-state index is 0.553. The molecular formula is C16H31N3S. The van der Waals surface area contributed by atoms with Crippen molar-refractivity contribution >= 4 is 11.3 Å². The second-order valence-electron chi connectivity index (χ2n) is 5.98. The first-order valence-corrected chi connectivity index (χ1v) is 8.51. The first-order chi connectivity index (χ1) is 9.51. The molecule has 0 aliphatic rings. The molecule has 116 valence electrons. The zero-order valence-corrected chi connectivity index (χ0v) is 14.6. The molecule has 0 aliphatic heterocycles. The van der Waals surface area contributed by atoms with Crippen molar-refractivity contribution in [2.45, 2.75) is 46.3 Å². The summed E-state index contributed by atoms with van der Waals surface area (Å²) < 4.78 is 0. The lowest BCUT2D eigenvalue weighted by Crippen LogP contribution is -2.31. The average molecular weight is 298 g/mol. The van der Waals surface area contributed by atoms with Gasteiger partial charge in [0.1, 0.15) is 0 Å². The Morgan fingerprint density at radius 2 is 1.80 bits per heavy atom. The molecule has 0 radical (unpaired) electrons. The van der Waals surface area contributed by atoms with Crippen LogP contribution in [0, 0.1) is 0 Å². The topological polar surface area (TPSA) is 18.5 Å². The Kier molecular flexibility index (Phi) is 8.38. The van der Waals surface area contributed by atoms with Crippen molar-refractivity contribution in [1.29, 1.82) is 0 Å². The standard InChI is InChI=1S/C16H31N3S/c1-6-9-19(11-10-18(4)5)13-16-8-7-15(20-16)12-17-14(2)3/h7-8,14,17H,6,9-13H2,1-5H3. The molecule has 1 aromatic heterocycles. The van der Waals surface area contributed by atoms with Crippen LogP contribution >= 0.6 is 11.3 Å². The van der Waals surface area contributed by atoms with E-state index in [2.05, 4.69) is 62.1 Å². The lowest BCUT2D eigenvalue weighted by molar-refractivity contribution is 0.235. The summed E-state index contributed by atoms with van der Waals surface area (Å²) in [6, 6.07) is 5.11. The van der Waals surface area contributed by atoms with Crippen molar-refractivity contribution in [2.75, 3.05) is 33.7 Å². The second-order valence-corrected chi connectivity index (χ2v) is 7.24. The number of thiophene rings is 1. The molecule has 0 aromatic carbocycles. The normalized spacial score (nSPS) is 12.0. The van der Waals surface area contributed by atoms with Gasteiger partial charge in [-0.2, -0.15) is 0 Å². The van der Waals surface area contributed by atoms with E-state index in [9.17, 15) is 0 Å². The molecule has 0 saturated heterocycles. The molecule has 1 rings (SSSR count). The predicted octanol–water partition coefficient (Wildman–Crippen LogP) is 3.02. The lowest BCUT2D eigenvalue weighted by atomic mass is 10.3. The average Bonchev–Trinajstić information content (AvgIpc) is 2.81. The molecule has 1 aromatic rings. The van der Waals surface area contributed by atoms with Crippen LogP contribution in [0.2, 0.25) is 0 Å². The van der Waals surface area contributed by atoms with E-state index in [0.717, 1.165) is 26.2 Å². The number of hydrogen-bond acceptors (Lipinski definition) is 4. The van der Waals surface area contributed by atoms with Gasteiger partial charge >= 0.3 is 0 Å². The van der Waals surface area contributed by atoms with Crippen molar-refractivity contribution in [2.24, 2.45) is 0 Å². The second kappa shape index (κ2) is 9.50. The van der Waals surface area contributed by atoms with Crippen LogP contribution in [0.1, 0.15) is 36.9 Å². The highest BCUT2D eigenvalue weighted by molar-refractivity contribution is 7.11. The Balaban J connectivity index is 2.46. The first-order valence-electron chi connectivity index (χ1n) is 7.69. The minimum absolute atomic E-state index is 0.553. The van der Waals surface area contributed by atoms with Gasteiger partial charge in [0.25, 0.3) is 0 Å². The fourth-order valence-corrected chi connectivity index (χ4v) is 3.07. The highest BCUT2D eigenvalue weighted by Gasteiger charge is 2.08. The maximum atomic E-state index is 3.48. The molecule has 0 bridgehead atoms. The summed E-state index contributed by atoms with van der Waals surface area (Å²) in [5.41, 5.74) is 0. The van der Waals surface area contributed by atoms with Crippen LogP contribution in [0.4, 0.5) is 0 Å². The summed E-state index contributed by atoms with van der Waals surface area (Å²) in [7, 11) is 4.29. The van der Waals surface area contributed by atoms with E-state index in [1.165, 1.54) is 22.7 Å². The molecule has 4 heteroatoms. The van der Waals surface area contributed by atoms with Crippen molar-refractivity contribution in [3.05, 3.63) is 21.9 Å². The molecule has 0 amide bonds. The van der Waals surface area contributed by atoms with E-state index in [-0.39, 0.29) is 0 Å². The molecule has 20 heavy (non-hydrogen) atoms. The third kappa shape index (κ3) is 7.39. The zero-order valence-electron chi connectivity index (χ0n) is 13.8. The van der Waals surface area contributed by atoms with Crippen LogP contribution in [0.5, 0.6) is 0 Å². The van der Waals surface area contributed by atoms with Crippen molar-refractivity contribution in [3.63, 3.8) is 0 Å². The van der Waals surface area contributed by atoms with E-state index >= 15 is 0 Å². The van der Waals surface area contributed by atoms with Crippen molar-refractivity contribution in [3.8, 4) is 0 Å². The smallest absolute Gasteiger partial charge is 0.0328 e. The van der Waals surface area contributed by atoms with Gasteiger partial charge in [0.15, 0.2) is 0 Å². The SMILES string of the molecule is CCCN(CCN(C)C)Cc1ccc(CNC(C)C)s1. The summed E-state index contributed by atoms with van der Waals surface area (Å²) >= 11 is 1.95. The predicted molar refractivity (Wildman–Crippen MR) is 90.4 cm³/mol. The van der Waals surface area contributed by atoms with Gasteiger partial charge in [-0.3, -0.25) is 4.90 Å². The number of nitrogens with zero attached hydrogens (tertiary/aromatic N) is 2. The quantitative estimate of drug-likeness (QED) is 0.716. The van der Waals surface area contributed by atoms with Crippen LogP contribution in [0.15, 0.2) is 12.1 Å². The molecule has 0 unspecified atom stereocenters. The van der Waals surface area contributed by atoms with E-state index in [1.54, 1.807) is 0 Å². The zero-order chi connectivity index (χ0) is 15.0. The summed E-state index contributed by atoms with van der Waals surface area (Å²) in [4.78, 5) is 7.75. The van der Waals surface area contributed by atoms with Crippen molar-refractivity contribution in [1.82, 2.24) is 15.1 Å². The minimum Gasteiger partial charge on any atom is -0.310 e. The maximum Gasteiger partial charge on any atom is 0.0328 e. The molecule has 0 saturated carbocycles. The Labute approximate surface area is 129 Å². The molecule has 0 aliphatic carbocycles. The third-order valence-electron chi connectivity index (χ3n) is 3.18. The molecule has 3 nitrogen and oxygen atoms in total. The van der Waals surface area contributed by atoms with E-state index in [4.69, 9.17) is 0 Å². The first kappa shape index (κ1) is 17.6. The van der Waals surface area contributed by atoms with Crippen LogP contribution in [-0.4, -0.2) is 49.6 Å². The molecule has 1 heterocycles. The van der Waals surface area contributed by atoms with E-state index in [1.807, 2.05) is 11.3 Å².